The Hall–Kier alpha value is -1.55. The lowest BCUT2D eigenvalue weighted by atomic mass is 9.92. The summed E-state index contributed by atoms with van der Waals surface area (Å²) in [5, 5.41) is 3.32. The standard InChI is InChI=1S/C15H20N2O2/c1-2-12-5-3-4-6-13(12)17-11-15(19-14(17)18)7-9-16-10-8-15/h3-6,16H,2,7-11H2,1H3. The van der Waals surface area contributed by atoms with Crippen LogP contribution in [0.25, 0.3) is 0 Å². The van der Waals surface area contributed by atoms with Crippen molar-refractivity contribution in [1.82, 2.24) is 5.32 Å². The molecule has 0 aliphatic carbocycles. The van der Waals surface area contributed by atoms with Crippen molar-refractivity contribution in [2.24, 2.45) is 0 Å². The topological polar surface area (TPSA) is 41.6 Å². The van der Waals surface area contributed by atoms with E-state index in [1.165, 1.54) is 5.56 Å². The number of rotatable bonds is 2. The van der Waals surface area contributed by atoms with Crippen molar-refractivity contribution in [2.75, 3.05) is 24.5 Å². The zero-order chi connectivity index (χ0) is 13.3. The molecule has 1 N–H and O–H groups in total. The van der Waals surface area contributed by atoms with Gasteiger partial charge in [0.05, 0.1) is 12.2 Å². The van der Waals surface area contributed by atoms with Gasteiger partial charge in [0.2, 0.25) is 0 Å². The second-order valence-electron chi connectivity index (χ2n) is 5.37. The molecular formula is C15H20N2O2. The zero-order valence-electron chi connectivity index (χ0n) is 11.3. The molecule has 19 heavy (non-hydrogen) atoms. The first kappa shape index (κ1) is 12.5. The van der Waals surface area contributed by atoms with Crippen LogP contribution in [-0.2, 0) is 11.2 Å². The van der Waals surface area contributed by atoms with Crippen LogP contribution < -0.4 is 10.2 Å². The summed E-state index contributed by atoms with van der Waals surface area (Å²) in [6.07, 6.45) is 2.55. The number of hydrogen-bond donors (Lipinski definition) is 1. The van der Waals surface area contributed by atoms with E-state index in [0.29, 0.717) is 6.54 Å². The molecule has 0 radical (unpaired) electrons. The molecule has 2 heterocycles. The smallest absolute Gasteiger partial charge is 0.415 e. The van der Waals surface area contributed by atoms with Gasteiger partial charge in [-0.3, -0.25) is 4.90 Å². The molecule has 4 nitrogen and oxygen atoms in total. The van der Waals surface area contributed by atoms with Crippen LogP contribution in [0, 0.1) is 0 Å². The van der Waals surface area contributed by atoms with Gasteiger partial charge in [0.25, 0.3) is 0 Å². The van der Waals surface area contributed by atoms with Crippen molar-refractivity contribution in [3.05, 3.63) is 29.8 Å². The van der Waals surface area contributed by atoms with Crippen molar-refractivity contribution in [3.63, 3.8) is 0 Å². The summed E-state index contributed by atoms with van der Waals surface area (Å²) in [5.41, 5.74) is 1.93. The number of anilines is 1. The van der Waals surface area contributed by atoms with Crippen LogP contribution in [0.4, 0.5) is 10.5 Å². The van der Waals surface area contributed by atoms with Crippen molar-refractivity contribution in [2.45, 2.75) is 31.8 Å². The predicted molar refractivity (Wildman–Crippen MR) is 74.5 cm³/mol. The highest BCUT2D eigenvalue weighted by Gasteiger charge is 2.46. The minimum Gasteiger partial charge on any atom is -0.441 e. The highest BCUT2D eigenvalue weighted by Crippen LogP contribution is 2.35. The minimum absolute atomic E-state index is 0.192. The maximum Gasteiger partial charge on any atom is 0.415 e. The number of hydrogen-bond acceptors (Lipinski definition) is 3. The van der Waals surface area contributed by atoms with E-state index in [9.17, 15) is 4.79 Å². The molecule has 4 heteroatoms. The first-order valence-electron chi connectivity index (χ1n) is 7.03. The van der Waals surface area contributed by atoms with E-state index in [0.717, 1.165) is 38.0 Å². The Balaban J connectivity index is 1.87. The first-order chi connectivity index (χ1) is 9.24. The normalized spacial score (nSPS) is 21.7. The third kappa shape index (κ3) is 2.21. The fraction of sp³-hybridized carbons (Fsp3) is 0.533. The molecule has 2 saturated heterocycles. The number of para-hydroxylation sites is 1. The summed E-state index contributed by atoms with van der Waals surface area (Å²) in [7, 11) is 0. The van der Waals surface area contributed by atoms with E-state index in [2.05, 4.69) is 18.3 Å². The Morgan fingerprint density at radius 2 is 2.05 bits per heavy atom. The summed E-state index contributed by atoms with van der Waals surface area (Å²) >= 11 is 0. The average molecular weight is 260 g/mol. The Kier molecular flexibility index (Phi) is 3.19. The highest BCUT2D eigenvalue weighted by molar-refractivity contribution is 5.91. The molecule has 0 bridgehead atoms. The van der Waals surface area contributed by atoms with E-state index < -0.39 is 0 Å². The number of benzene rings is 1. The number of carbonyl (C=O) groups excluding carboxylic acids is 1. The molecule has 1 spiro atoms. The van der Waals surface area contributed by atoms with Gasteiger partial charge in [-0.2, -0.15) is 0 Å². The number of nitrogens with zero attached hydrogens (tertiary/aromatic N) is 1. The van der Waals surface area contributed by atoms with Crippen molar-refractivity contribution < 1.29 is 9.53 Å². The number of ether oxygens (including phenoxy) is 1. The van der Waals surface area contributed by atoms with Crippen LogP contribution in [0.5, 0.6) is 0 Å². The van der Waals surface area contributed by atoms with Crippen molar-refractivity contribution in [3.8, 4) is 0 Å². The van der Waals surface area contributed by atoms with E-state index in [1.54, 1.807) is 0 Å². The van der Waals surface area contributed by atoms with Crippen molar-refractivity contribution in [1.29, 1.82) is 0 Å². The first-order valence-corrected chi connectivity index (χ1v) is 7.03. The fourth-order valence-electron chi connectivity index (χ4n) is 3.02. The van der Waals surface area contributed by atoms with E-state index in [4.69, 9.17) is 4.74 Å². The molecular weight excluding hydrogens is 240 g/mol. The van der Waals surface area contributed by atoms with Gasteiger partial charge in [-0.1, -0.05) is 25.1 Å². The van der Waals surface area contributed by atoms with Gasteiger partial charge in [0, 0.05) is 12.8 Å². The monoisotopic (exact) mass is 260 g/mol. The molecule has 0 atom stereocenters. The van der Waals surface area contributed by atoms with Gasteiger partial charge < -0.3 is 10.1 Å². The number of aryl methyl sites for hydroxylation is 1. The van der Waals surface area contributed by atoms with Crippen LogP contribution in [0.15, 0.2) is 24.3 Å². The zero-order valence-corrected chi connectivity index (χ0v) is 11.3. The van der Waals surface area contributed by atoms with E-state index >= 15 is 0 Å². The highest BCUT2D eigenvalue weighted by atomic mass is 16.6. The molecule has 1 aromatic rings. The number of nitrogens with one attached hydrogen (secondary N) is 1. The SMILES string of the molecule is CCc1ccccc1N1CC2(CCNCC2)OC1=O. The van der Waals surface area contributed by atoms with Crippen molar-refractivity contribution >= 4 is 11.8 Å². The van der Waals surface area contributed by atoms with Gasteiger partial charge in [0.15, 0.2) is 0 Å². The Morgan fingerprint density at radius 3 is 2.79 bits per heavy atom. The number of carbonyl (C=O) groups is 1. The summed E-state index contributed by atoms with van der Waals surface area (Å²) in [6.45, 7) is 4.65. The van der Waals surface area contributed by atoms with Crippen LogP contribution >= 0.6 is 0 Å². The Labute approximate surface area is 113 Å². The second-order valence-corrected chi connectivity index (χ2v) is 5.37. The molecule has 1 amide bonds. The average Bonchev–Trinajstić information content (AvgIpc) is 2.76. The quantitative estimate of drug-likeness (QED) is 0.887. The molecule has 2 aliphatic heterocycles. The molecule has 0 unspecified atom stereocenters. The lowest BCUT2D eigenvalue weighted by Crippen LogP contribution is -2.44. The lowest BCUT2D eigenvalue weighted by molar-refractivity contribution is 0.0316. The molecule has 2 fully saturated rings. The van der Waals surface area contributed by atoms with Gasteiger partial charge in [-0.25, -0.2) is 4.79 Å². The maximum atomic E-state index is 12.2. The van der Waals surface area contributed by atoms with Crippen LogP contribution in [-0.4, -0.2) is 31.3 Å². The van der Waals surface area contributed by atoms with Crippen LogP contribution in [0.2, 0.25) is 0 Å². The second kappa shape index (κ2) is 4.85. The van der Waals surface area contributed by atoms with Gasteiger partial charge in [-0.15, -0.1) is 0 Å². The molecule has 0 saturated carbocycles. The number of piperidine rings is 1. The Bertz CT molecular complexity index is 481. The summed E-state index contributed by atoms with van der Waals surface area (Å²) in [5.74, 6) is 0. The fourth-order valence-corrected chi connectivity index (χ4v) is 3.02. The molecule has 1 aromatic carbocycles. The lowest BCUT2D eigenvalue weighted by Gasteiger charge is -2.31. The largest absolute Gasteiger partial charge is 0.441 e. The summed E-state index contributed by atoms with van der Waals surface area (Å²) in [6, 6.07) is 8.09. The summed E-state index contributed by atoms with van der Waals surface area (Å²) < 4.78 is 5.70. The minimum atomic E-state index is -0.275. The molecule has 2 aliphatic rings. The Morgan fingerprint density at radius 1 is 1.32 bits per heavy atom. The van der Waals surface area contributed by atoms with Crippen LogP contribution in [0.3, 0.4) is 0 Å². The molecule has 3 rings (SSSR count). The predicted octanol–water partition coefficient (Wildman–Crippen LogP) is 2.33. The van der Waals surface area contributed by atoms with E-state index in [-0.39, 0.29) is 11.7 Å². The van der Waals surface area contributed by atoms with Crippen LogP contribution in [0.1, 0.15) is 25.3 Å². The van der Waals surface area contributed by atoms with E-state index in [1.807, 2.05) is 23.1 Å². The third-order valence-corrected chi connectivity index (χ3v) is 4.15. The van der Waals surface area contributed by atoms with Gasteiger partial charge in [0.1, 0.15) is 5.60 Å². The molecule has 0 aromatic heterocycles. The van der Waals surface area contributed by atoms with Gasteiger partial charge >= 0.3 is 6.09 Å². The summed E-state index contributed by atoms with van der Waals surface area (Å²) in [4.78, 5) is 14.0. The maximum absolute atomic E-state index is 12.2. The van der Waals surface area contributed by atoms with Gasteiger partial charge in [-0.05, 0) is 31.1 Å². The third-order valence-electron chi connectivity index (χ3n) is 4.15. The molecule has 102 valence electrons. The number of amides is 1.